The maximum Gasteiger partial charge on any atom is 0.237 e. The van der Waals surface area contributed by atoms with Gasteiger partial charge in [0.2, 0.25) is 5.91 Å². The van der Waals surface area contributed by atoms with Gasteiger partial charge in [0.15, 0.2) is 0 Å². The highest BCUT2D eigenvalue weighted by Crippen LogP contribution is 2.21. The van der Waals surface area contributed by atoms with Gasteiger partial charge in [-0.15, -0.1) is 0 Å². The summed E-state index contributed by atoms with van der Waals surface area (Å²) in [5, 5.41) is 7.56. The van der Waals surface area contributed by atoms with Crippen LogP contribution in [0.2, 0.25) is 0 Å². The number of nitrogens with zero attached hydrogens (tertiary/aromatic N) is 2. The number of amides is 1. The minimum Gasteiger partial charge on any atom is -0.368 e. The molecular weight excluding hydrogens is 296 g/mol. The summed E-state index contributed by atoms with van der Waals surface area (Å²) in [6.45, 7) is 9.11. The predicted molar refractivity (Wildman–Crippen MR) is 75.3 cm³/mol. The maximum absolute atomic E-state index is 11.5. The molecule has 0 aliphatic rings. The fraction of sp³-hybridized carbons (Fsp3) is 0.667. The monoisotopic (exact) mass is 316 g/mol. The number of nitrogens with one attached hydrogen (secondary N) is 1. The topological polar surface area (TPSA) is 72.9 Å². The molecule has 0 bridgehead atoms. The van der Waals surface area contributed by atoms with Crippen LogP contribution in [0.3, 0.4) is 0 Å². The van der Waals surface area contributed by atoms with Gasteiger partial charge < -0.3 is 11.1 Å². The van der Waals surface area contributed by atoms with Crippen LogP contribution >= 0.6 is 15.9 Å². The van der Waals surface area contributed by atoms with Gasteiger partial charge in [-0.1, -0.05) is 6.92 Å². The second-order valence-corrected chi connectivity index (χ2v) is 5.48. The number of hydrogen-bond acceptors (Lipinski definition) is 3. The first-order valence-corrected chi connectivity index (χ1v) is 6.85. The first-order chi connectivity index (χ1) is 8.31. The average molecular weight is 317 g/mol. The molecule has 1 unspecified atom stereocenters. The van der Waals surface area contributed by atoms with Crippen molar-refractivity contribution in [3.8, 4) is 0 Å². The third kappa shape index (κ3) is 3.11. The van der Waals surface area contributed by atoms with Crippen LogP contribution in [0.1, 0.15) is 31.7 Å². The van der Waals surface area contributed by atoms with E-state index in [0.717, 1.165) is 15.9 Å². The van der Waals surface area contributed by atoms with E-state index in [0.29, 0.717) is 19.5 Å². The summed E-state index contributed by atoms with van der Waals surface area (Å²) in [4.78, 5) is 11.5. The van der Waals surface area contributed by atoms with Gasteiger partial charge in [0.05, 0.1) is 15.7 Å². The lowest BCUT2D eigenvalue weighted by Gasteiger charge is -2.27. The molecule has 0 saturated heterocycles. The molecule has 6 heteroatoms. The molecule has 1 aromatic heterocycles. The van der Waals surface area contributed by atoms with Crippen molar-refractivity contribution in [2.75, 3.05) is 6.54 Å². The molecule has 3 N–H and O–H groups in total. The molecule has 0 spiro atoms. The Hall–Kier alpha value is -0.880. The van der Waals surface area contributed by atoms with Crippen molar-refractivity contribution in [3.63, 3.8) is 0 Å². The maximum atomic E-state index is 11.5. The zero-order chi connectivity index (χ0) is 13.9. The van der Waals surface area contributed by atoms with Crippen molar-refractivity contribution < 1.29 is 4.79 Å². The van der Waals surface area contributed by atoms with E-state index in [4.69, 9.17) is 5.73 Å². The third-order valence-corrected chi connectivity index (χ3v) is 4.38. The van der Waals surface area contributed by atoms with E-state index in [-0.39, 0.29) is 5.91 Å². The lowest BCUT2D eigenvalue weighted by molar-refractivity contribution is -0.124. The Labute approximate surface area is 116 Å². The normalized spacial score (nSPS) is 14.5. The van der Waals surface area contributed by atoms with Crippen molar-refractivity contribution >= 4 is 21.8 Å². The molecule has 102 valence electrons. The summed E-state index contributed by atoms with van der Waals surface area (Å²) in [6, 6.07) is 0. The molecule has 1 atom stereocenters. The smallest absolute Gasteiger partial charge is 0.237 e. The Morgan fingerprint density at radius 1 is 1.56 bits per heavy atom. The van der Waals surface area contributed by atoms with Crippen LogP contribution in [0.5, 0.6) is 0 Å². The molecule has 0 aromatic carbocycles. The zero-order valence-corrected chi connectivity index (χ0v) is 13.0. The van der Waals surface area contributed by atoms with E-state index < -0.39 is 5.54 Å². The molecule has 0 fully saturated rings. The van der Waals surface area contributed by atoms with Gasteiger partial charge >= 0.3 is 0 Å². The number of nitrogens with two attached hydrogens (primary N) is 1. The Balaban J connectivity index is 2.79. The molecule has 18 heavy (non-hydrogen) atoms. The highest BCUT2D eigenvalue weighted by Gasteiger charge is 2.29. The quantitative estimate of drug-likeness (QED) is 0.835. The van der Waals surface area contributed by atoms with Crippen LogP contribution in [0.25, 0.3) is 0 Å². The van der Waals surface area contributed by atoms with Gasteiger partial charge in [0.1, 0.15) is 0 Å². The van der Waals surface area contributed by atoms with Gasteiger partial charge in [-0.05, 0) is 49.7 Å². The second kappa shape index (κ2) is 5.84. The van der Waals surface area contributed by atoms with E-state index in [1.807, 2.05) is 32.4 Å². The number of likely N-dealkylation sites (N-methyl/N-ethyl adjacent to an activating group) is 1. The first-order valence-electron chi connectivity index (χ1n) is 6.06. The molecule has 1 aromatic rings. The summed E-state index contributed by atoms with van der Waals surface area (Å²) < 4.78 is 2.92. The number of halogens is 1. The van der Waals surface area contributed by atoms with E-state index in [9.17, 15) is 4.79 Å². The number of aryl methyl sites for hydroxylation is 2. The number of primary amides is 1. The Morgan fingerprint density at radius 3 is 2.56 bits per heavy atom. The van der Waals surface area contributed by atoms with Crippen LogP contribution in [0, 0.1) is 13.8 Å². The van der Waals surface area contributed by atoms with Gasteiger partial charge in [0, 0.05) is 12.2 Å². The van der Waals surface area contributed by atoms with Crippen molar-refractivity contribution in [1.82, 2.24) is 15.1 Å². The van der Waals surface area contributed by atoms with E-state index in [1.165, 1.54) is 0 Å². The zero-order valence-electron chi connectivity index (χ0n) is 11.4. The Kier molecular flexibility index (Phi) is 4.92. The van der Waals surface area contributed by atoms with Crippen molar-refractivity contribution in [2.24, 2.45) is 5.73 Å². The SMILES string of the molecule is CCNC(C)(CCn1nc(C)c(Br)c1C)C(N)=O. The predicted octanol–water partition coefficient (Wildman–Crippen LogP) is 1.51. The summed E-state index contributed by atoms with van der Waals surface area (Å²) >= 11 is 3.49. The highest BCUT2D eigenvalue weighted by atomic mass is 79.9. The van der Waals surface area contributed by atoms with Gasteiger partial charge in [-0.25, -0.2) is 0 Å². The van der Waals surface area contributed by atoms with Crippen LogP contribution in [-0.4, -0.2) is 27.8 Å². The summed E-state index contributed by atoms with van der Waals surface area (Å²) in [5.41, 5.74) is 6.79. The average Bonchev–Trinajstić information content (AvgIpc) is 2.54. The summed E-state index contributed by atoms with van der Waals surface area (Å²) in [7, 11) is 0. The van der Waals surface area contributed by atoms with Crippen LogP contribution in [-0.2, 0) is 11.3 Å². The molecule has 1 heterocycles. The third-order valence-electron chi connectivity index (χ3n) is 3.23. The molecule has 1 rings (SSSR count). The highest BCUT2D eigenvalue weighted by molar-refractivity contribution is 9.10. The summed E-state index contributed by atoms with van der Waals surface area (Å²) in [6.07, 6.45) is 0.616. The molecular formula is C12H21BrN4O. The molecule has 0 aliphatic carbocycles. The van der Waals surface area contributed by atoms with Crippen molar-refractivity contribution in [3.05, 3.63) is 15.9 Å². The fourth-order valence-corrected chi connectivity index (χ4v) is 2.20. The second-order valence-electron chi connectivity index (χ2n) is 4.68. The van der Waals surface area contributed by atoms with Gasteiger partial charge in [-0.2, -0.15) is 5.10 Å². The Morgan fingerprint density at radius 2 is 2.17 bits per heavy atom. The molecule has 1 amide bonds. The number of carbonyl (C=O) groups excluding carboxylic acids is 1. The number of aromatic nitrogens is 2. The summed E-state index contributed by atoms with van der Waals surface area (Å²) in [5.74, 6) is -0.329. The van der Waals surface area contributed by atoms with E-state index >= 15 is 0 Å². The van der Waals surface area contributed by atoms with Crippen molar-refractivity contribution in [2.45, 2.75) is 46.2 Å². The first kappa shape index (κ1) is 15.2. The number of rotatable bonds is 6. The molecule has 0 radical (unpaired) electrons. The van der Waals surface area contributed by atoms with Crippen molar-refractivity contribution in [1.29, 1.82) is 0 Å². The fourth-order valence-electron chi connectivity index (χ4n) is 1.91. The van der Waals surface area contributed by atoms with Gasteiger partial charge in [0.25, 0.3) is 0 Å². The standard InChI is InChI=1S/C12H21BrN4O/c1-5-15-12(4,11(14)18)6-7-17-9(3)10(13)8(2)16-17/h15H,5-7H2,1-4H3,(H2,14,18). The molecule has 0 saturated carbocycles. The van der Waals surface area contributed by atoms with Gasteiger partial charge in [-0.3, -0.25) is 9.48 Å². The Bertz CT molecular complexity index is 444. The molecule has 5 nitrogen and oxygen atoms in total. The van der Waals surface area contributed by atoms with Crippen LogP contribution < -0.4 is 11.1 Å². The van der Waals surface area contributed by atoms with E-state index in [1.54, 1.807) is 0 Å². The van der Waals surface area contributed by atoms with Crippen LogP contribution in [0.15, 0.2) is 4.47 Å². The minimum atomic E-state index is -0.687. The minimum absolute atomic E-state index is 0.329. The lowest BCUT2D eigenvalue weighted by Crippen LogP contribution is -2.53. The van der Waals surface area contributed by atoms with E-state index in [2.05, 4.69) is 26.3 Å². The number of hydrogen-bond donors (Lipinski definition) is 2. The molecule has 0 aliphatic heterocycles. The lowest BCUT2D eigenvalue weighted by atomic mass is 9.97. The largest absolute Gasteiger partial charge is 0.368 e. The van der Waals surface area contributed by atoms with Crippen LogP contribution in [0.4, 0.5) is 0 Å². The number of carbonyl (C=O) groups is 1.